The summed E-state index contributed by atoms with van der Waals surface area (Å²) in [6, 6.07) is 2.68. The first-order chi connectivity index (χ1) is 8.74. The van der Waals surface area contributed by atoms with Crippen LogP contribution in [-0.2, 0) is 14.8 Å². The van der Waals surface area contributed by atoms with E-state index in [2.05, 4.69) is 4.72 Å². The Morgan fingerprint density at radius 1 is 1.32 bits per heavy atom. The highest BCUT2D eigenvalue weighted by Crippen LogP contribution is 2.31. The van der Waals surface area contributed by atoms with Gasteiger partial charge in [-0.05, 0) is 26.0 Å². The molecule has 0 spiro atoms. The van der Waals surface area contributed by atoms with Crippen LogP contribution in [0.15, 0.2) is 17.0 Å². The van der Waals surface area contributed by atoms with Crippen molar-refractivity contribution >= 4 is 38.9 Å². The van der Waals surface area contributed by atoms with Crippen molar-refractivity contribution in [1.29, 1.82) is 0 Å². The van der Waals surface area contributed by atoms with Crippen LogP contribution in [0.5, 0.6) is 0 Å². The van der Waals surface area contributed by atoms with E-state index >= 15 is 0 Å². The van der Waals surface area contributed by atoms with Gasteiger partial charge in [0.05, 0.1) is 22.8 Å². The van der Waals surface area contributed by atoms with Gasteiger partial charge in [-0.25, -0.2) is 13.1 Å². The monoisotopic (exact) mass is 326 g/mol. The summed E-state index contributed by atoms with van der Waals surface area (Å²) >= 11 is 11.7. The van der Waals surface area contributed by atoms with Crippen molar-refractivity contribution in [3.05, 3.63) is 22.2 Å². The summed E-state index contributed by atoms with van der Waals surface area (Å²) in [4.78, 5) is -0.172. The molecule has 8 heteroatoms. The van der Waals surface area contributed by atoms with Crippen LogP contribution < -0.4 is 10.5 Å². The smallest absolute Gasteiger partial charge is 0.243 e. The maximum absolute atomic E-state index is 12.1. The molecule has 3 N–H and O–H groups in total. The van der Waals surface area contributed by atoms with E-state index < -0.39 is 10.0 Å². The summed E-state index contributed by atoms with van der Waals surface area (Å²) in [5.41, 5.74) is 5.83. The van der Waals surface area contributed by atoms with Crippen LogP contribution in [0.2, 0.25) is 10.0 Å². The number of sulfonamides is 1. The Kier molecular flexibility index (Phi) is 5.88. The van der Waals surface area contributed by atoms with Crippen LogP contribution >= 0.6 is 23.2 Å². The summed E-state index contributed by atoms with van der Waals surface area (Å²) in [5.74, 6) is 0. The molecule has 0 aliphatic rings. The van der Waals surface area contributed by atoms with Gasteiger partial charge < -0.3 is 10.5 Å². The van der Waals surface area contributed by atoms with Crippen LogP contribution in [0, 0.1) is 0 Å². The first-order valence-electron chi connectivity index (χ1n) is 5.60. The van der Waals surface area contributed by atoms with Crippen LogP contribution in [0.4, 0.5) is 5.69 Å². The van der Waals surface area contributed by atoms with E-state index in [1.165, 1.54) is 12.1 Å². The van der Waals surface area contributed by atoms with Gasteiger partial charge >= 0.3 is 0 Å². The Balaban J connectivity index is 2.84. The van der Waals surface area contributed by atoms with Gasteiger partial charge in [0.15, 0.2) is 0 Å². The summed E-state index contributed by atoms with van der Waals surface area (Å²) in [7, 11) is -3.79. The largest absolute Gasteiger partial charge is 0.399 e. The van der Waals surface area contributed by atoms with Gasteiger partial charge in [-0.15, -0.1) is 0 Å². The van der Waals surface area contributed by atoms with E-state index in [4.69, 9.17) is 33.7 Å². The molecule has 0 radical (unpaired) electrons. The summed E-state index contributed by atoms with van der Waals surface area (Å²) in [6.45, 7) is 4.13. The second-order valence-electron chi connectivity index (χ2n) is 4.13. The molecule has 0 bridgehead atoms. The molecule has 0 aromatic heterocycles. The average Bonchev–Trinajstić information content (AvgIpc) is 2.22. The topological polar surface area (TPSA) is 81.4 Å². The predicted molar refractivity (Wildman–Crippen MR) is 77.2 cm³/mol. The zero-order valence-electron chi connectivity index (χ0n) is 10.6. The Bertz CT molecular complexity index is 524. The molecule has 19 heavy (non-hydrogen) atoms. The zero-order chi connectivity index (χ0) is 14.6. The van der Waals surface area contributed by atoms with E-state index in [1.54, 1.807) is 0 Å². The Morgan fingerprint density at radius 2 is 1.84 bits per heavy atom. The summed E-state index contributed by atoms with van der Waals surface area (Å²) in [5, 5.41) is -0.0236. The Hall–Kier alpha value is -0.530. The minimum absolute atomic E-state index is 0.0118. The fraction of sp³-hybridized carbons (Fsp3) is 0.455. The standard InChI is InChI=1S/C11H16Cl2N2O3S/c1-7(2)18-4-3-15-19(16,17)11-9(12)5-8(14)6-10(11)13/h5-7,15H,3-4,14H2,1-2H3. The van der Waals surface area contributed by atoms with Gasteiger partial charge in [-0.3, -0.25) is 0 Å². The molecule has 0 atom stereocenters. The minimum atomic E-state index is -3.79. The number of halogens is 2. The molecular weight excluding hydrogens is 311 g/mol. The maximum atomic E-state index is 12.1. The van der Waals surface area contributed by atoms with Crippen LogP contribution in [-0.4, -0.2) is 27.7 Å². The molecule has 5 nitrogen and oxygen atoms in total. The molecule has 0 aliphatic carbocycles. The lowest BCUT2D eigenvalue weighted by Gasteiger charge is -2.12. The molecule has 0 saturated carbocycles. The van der Waals surface area contributed by atoms with Gasteiger partial charge in [0.2, 0.25) is 10.0 Å². The van der Waals surface area contributed by atoms with Crippen molar-refractivity contribution in [3.63, 3.8) is 0 Å². The van der Waals surface area contributed by atoms with Crippen molar-refractivity contribution in [2.75, 3.05) is 18.9 Å². The molecule has 1 aromatic carbocycles. The van der Waals surface area contributed by atoms with E-state index in [0.29, 0.717) is 5.69 Å². The van der Waals surface area contributed by atoms with Crippen molar-refractivity contribution < 1.29 is 13.2 Å². The molecule has 0 aliphatic heterocycles. The molecule has 0 amide bonds. The lowest BCUT2D eigenvalue weighted by Crippen LogP contribution is -2.28. The van der Waals surface area contributed by atoms with Gasteiger partial charge in [0, 0.05) is 12.2 Å². The maximum Gasteiger partial charge on any atom is 0.243 e. The van der Waals surface area contributed by atoms with Crippen molar-refractivity contribution in [2.45, 2.75) is 24.8 Å². The average molecular weight is 327 g/mol. The highest BCUT2D eigenvalue weighted by molar-refractivity contribution is 7.89. The number of ether oxygens (including phenoxy) is 1. The minimum Gasteiger partial charge on any atom is -0.399 e. The second-order valence-corrected chi connectivity index (χ2v) is 6.65. The number of hydrogen-bond acceptors (Lipinski definition) is 4. The first-order valence-corrected chi connectivity index (χ1v) is 7.83. The zero-order valence-corrected chi connectivity index (χ0v) is 12.9. The van der Waals surface area contributed by atoms with Crippen LogP contribution in [0.3, 0.4) is 0 Å². The second kappa shape index (κ2) is 6.76. The molecule has 0 saturated heterocycles. The fourth-order valence-corrected chi connectivity index (χ4v) is 3.62. The van der Waals surface area contributed by atoms with Crippen molar-refractivity contribution in [2.24, 2.45) is 0 Å². The molecule has 0 fully saturated rings. The third-order valence-electron chi connectivity index (χ3n) is 2.13. The number of nitrogens with one attached hydrogen (secondary N) is 1. The quantitative estimate of drug-likeness (QED) is 0.620. The fourth-order valence-electron chi connectivity index (χ4n) is 1.38. The number of anilines is 1. The van der Waals surface area contributed by atoms with Crippen molar-refractivity contribution in [1.82, 2.24) is 4.72 Å². The van der Waals surface area contributed by atoms with Gasteiger partial charge in [-0.2, -0.15) is 0 Å². The van der Waals surface area contributed by atoms with E-state index in [9.17, 15) is 8.42 Å². The van der Waals surface area contributed by atoms with Crippen LogP contribution in [0.1, 0.15) is 13.8 Å². The summed E-state index contributed by atoms with van der Waals surface area (Å²) < 4.78 is 31.7. The molecular formula is C11H16Cl2N2O3S. The van der Waals surface area contributed by atoms with Gasteiger partial charge in [-0.1, -0.05) is 23.2 Å². The lowest BCUT2D eigenvalue weighted by atomic mass is 10.3. The number of nitrogens with two attached hydrogens (primary N) is 1. The third-order valence-corrected chi connectivity index (χ3v) is 4.52. The lowest BCUT2D eigenvalue weighted by molar-refractivity contribution is 0.0834. The SMILES string of the molecule is CC(C)OCCNS(=O)(=O)c1c(Cl)cc(N)cc1Cl. The summed E-state index contributed by atoms with van der Waals surface area (Å²) in [6.07, 6.45) is 0.0354. The van der Waals surface area contributed by atoms with E-state index in [1.807, 2.05) is 13.8 Å². The Morgan fingerprint density at radius 3 is 2.32 bits per heavy atom. The van der Waals surface area contributed by atoms with E-state index in [-0.39, 0.29) is 34.2 Å². The van der Waals surface area contributed by atoms with Gasteiger partial charge in [0.25, 0.3) is 0 Å². The normalized spacial score (nSPS) is 12.1. The third kappa shape index (κ3) is 4.81. The molecule has 0 unspecified atom stereocenters. The van der Waals surface area contributed by atoms with Gasteiger partial charge in [0.1, 0.15) is 4.90 Å². The molecule has 1 aromatic rings. The molecule has 108 valence electrons. The van der Waals surface area contributed by atoms with Crippen molar-refractivity contribution in [3.8, 4) is 0 Å². The van der Waals surface area contributed by atoms with E-state index in [0.717, 1.165) is 0 Å². The number of rotatable bonds is 6. The Labute approximate surface area is 123 Å². The first kappa shape index (κ1) is 16.5. The number of benzene rings is 1. The highest BCUT2D eigenvalue weighted by Gasteiger charge is 2.21. The predicted octanol–water partition coefficient (Wildman–Crippen LogP) is 2.28. The molecule has 1 rings (SSSR count). The van der Waals surface area contributed by atoms with Crippen LogP contribution in [0.25, 0.3) is 0 Å². The molecule has 0 heterocycles. The highest BCUT2D eigenvalue weighted by atomic mass is 35.5. The number of hydrogen-bond donors (Lipinski definition) is 2. The number of nitrogen functional groups attached to an aromatic ring is 1.